The quantitative estimate of drug-likeness (QED) is 0.636. The van der Waals surface area contributed by atoms with Crippen molar-refractivity contribution in [1.29, 1.82) is 0 Å². The van der Waals surface area contributed by atoms with E-state index in [1.54, 1.807) is 24.7 Å². The number of benzene rings is 1. The summed E-state index contributed by atoms with van der Waals surface area (Å²) in [5.41, 5.74) is 10.8. The first kappa shape index (κ1) is 20.4. The van der Waals surface area contributed by atoms with E-state index in [0.717, 1.165) is 23.2 Å². The summed E-state index contributed by atoms with van der Waals surface area (Å²) in [4.78, 5) is 15.7. The molecule has 2 N–H and O–H groups in total. The first-order valence-corrected chi connectivity index (χ1v) is 10.6. The second-order valence-electron chi connectivity index (χ2n) is 8.18. The van der Waals surface area contributed by atoms with Crippen LogP contribution in [-0.4, -0.2) is 34.3 Å². The third kappa shape index (κ3) is 3.19. The van der Waals surface area contributed by atoms with E-state index < -0.39 is 5.54 Å². The molecule has 1 atom stereocenters. The molecule has 0 aliphatic carbocycles. The summed E-state index contributed by atoms with van der Waals surface area (Å²) in [6, 6.07) is 10.7. The van der Waals surface area contributed by atoms with Crippen molar-refractivity contribution in [3.05, 3.63) is 106 Å². The van der Waals surface area contributed by atoms with Crippen molar-refractivity contribution in [3.8, 4) is 11.3 Å². The average Bonchev–Trinajstić information content (AvgIpc) is 3.08. The zero-order valence-electron chi connectivity index (χ0n) is 17.7. The summed E-state index contributed by atoms with van der Waals surface area (Å²) in [6.45, 7) is 2.88. The number of fused-ring (bicyclic) bond motifs is 1. The van der Waals surface area contributed by atoms with Gasteiger partial charge in [-0.1, -0.05) is 35.4 Å². The minimum absolute atomic E-state index is 0.182. The van der Waals surface area contributed by atoms with Crippen LogP contribution in [0.5, 0.6) is 0 Å². The average molecular weight is 446 g/mol. The molecule has 0 saturated heterocycles. The molecule has 0 amide bonds. The fourth-order valence-corrected chi connectivity index (χ4v) is 4.75. The second-order valence-corrected chi connectivity index (χ2v) is 8.62. The molecule has 5 nitrogen and oxygen atoms in total. The SMILES string of the molecule is CC1=CC(C2(c3ccnc(-c4cncc(Cl)c4)c3)N=C(N)c3c(F)cccc32)=CN(C)C1. The van der Waals surface area contributed by atoms with Crippen molar-refractivity contribution in [2.75, 3.05) is 13.6 Å². The molecule has 0 radical (unpaired) electrons. The van der Waals surface area contributed by atoms with Crippen molar-refractivity contribution >= 4 is 17.4 Å². The first-order valence-electron chi connectivity index (χ1n) is 10.2. The number of nitrogens with two attached hydrogens (primary N) is 1. The van der Waals surface area contributed by atoms with Gasteiger partial charge in [-0.15, -0.1) is 0 Å². The lowest BCUT2D eigenvalue weighted by Gasteiger charge is -2.34. The van der Waals surface area contributed by atoms with E-state index in [2.05, 4.69) is 27.9 Å². The summed E-state index contributed by atoms with van der Waals surface area (Å²) >= 11 is 6.15. The van der Waals surface area contributed by atoms with E-state index in [0.29, 0.717) is 21.8 Å². The third-order valence-electron chi connectivity index (χ3n) is 5.80. The summed E-state index contributed by atoms with van der Waals surface area (Å²) in [5, 5.41) is 0.523. The van der Waals surface area contributed by atoms with Gasteiger partial charge in [-0.05, 0) is 36.8 Å². The molecule has 1 unspecified atom stereocenters. The molecule has 5 rings (SSSR count). The Hall–Kier alpha value is -3.51. The predicted octanol–water partition coefficient (Wildman–Crippen LogP) is 4.67. The number of nitrogens with zero attached hydrogens (tertiary/aromatic N) is 4. The first-order chi connectivity index (χ1) is 15.4. The van der Waals surface area contributed by atoms with Crippen molar-refractivity contribution in [3.63, 3.8) is 0 Å². The summed E-state index contributed by atoms with van der Waals surface area (Å²) in [6.07, 6.45) is 9.17. The number of aromatic nitrogens is 2. The van der Waals surface area contributed by atoms with E-state index in [1.807, 2.05) is 37.5 Å². The molecule has 32 heavy (non-hydrogen) atoms. The lowest BCUT2D eigenvalue weighted by molar-refractivity contribution is 0.471. The Kier molecular flexibility index (Phi) is 4.82. The van der Waals surface area contributed by atoms with Gasteiger partial charge in [-0.25, -0.2) is 9.38 Å². The van der Waals surface area contributed by atoms with Crippen LogP contribution in [0.15, 0.2) is 83.4 Å². The molecule has 0 spiro atoms. The number of likely N-dealkylation sites (N-methyl/N-ethyl adjacent to an activating group) is 1. The number of rotatable bonds is 3. The highest BCUT2D eigenvalue weighted by Gasteiger charge is 2.45. The molecule has 0 saturated carbocycles. The van der Waals surface area contributed by atoms with Gasteiger partial charge in [0.25, 0.3) is 0 Å². The van der Waals surface area contributed by atoms with Gasteiger partial charge >= 0.3 is 0 Å². The van der Waals surface area contributed by atoms with Gasteiger partial charge in [-0.2, -0.15) is 0 Å². The fourth-order valence-electron chi connectivity index (χ4n) is 4.58. The van der Waals surface area contributed by atoms with Crippen LogP contribution in [0.25, 0.3) is 11.3 Å². The lowest BCUT2D eigenvalue weighted by Crippen LogP contribution is -2.30. The number of halogens is 2. The minimum atomic E-state index is -0.999. The van der Waals surface area contributed by atoms with Crippen molar-refractivity contribution in [2.45, 2.75) is 12.5 Å². The van der Waals surface area contributed by atoms with Crippen LogP contribution >= 0.6 is 11.6 Å². The van der Waals surface area contributed by atoms with Crippen LogP contribution in [-0.2, 0) is 5.54 Å². The zero-order valence-corrected chi connectivity index (χ0v) is 18.4. The Bertz CT molecular complexity index is 1330. The fraction of sp³-hybridized carbons (Fsp3) is 0.160. The summed E-state index contributed by atoms with van der Waals surface area (Å²) in [7, 11) is 2.01. The molecule has 7 heteroatoms. The zero-order chi connectivity index (χ0) is 22.5. The van der Waals surface area contributed by atoms with Gasteiger partial charge in [-0.3, -0.25) is 9.97 Å². The molecule has 2 aliphatic rings. The van der Waals surface area contributed by atoms with Crippen molar-refractivity contribution in [2.24, 2.45) is 10.7 Å². The predicted molar refractivity (Wildman–Crippen MR) is 125 cm³/mol. The molecule has 0 bridgehead atoms. The van der Waals surface area contributed by atoms with Crippen molar-refractivity contribution < 1.29 is 4.39 Å². The smallest absolute Gasteiger partial charge is 0.140 e. The Labute approximate surface area is 190 Å². The Morgan fingerprint density at radius 2 is 2.03 bits per heavy atom. The molecular formula is C25H21ClFN5. The van der Waals surface area contributed by atoms with E-state index in [9.17, 15) is 4.39 Å². The normalized spacial score (nSPS) is 19.9. The van der Waals surface area contributed by atoms with Gasteiger partial charge in [0.1, 0.15) is 17.2 Å². The maximum absolute atomic E-state index is 14.9. The third-order valence-corrected chi connectivity index (χ3v) is 6.01. The molecule has 160 valence electrons. The molecule has 3 aromatic rings. The number of aliphatic imine (C=N–C) groups is 1. The Morgan fingerprint density at radius 1 is 1.19 bits per heavy atom. The topological polar surface area (TPSA) is 67.4 Å². The van der Waals surface area contributed by atoms with E-state index in [4.69, 9.17) is 22.3 Å². The maximum Gasteiger partial charge on any atom is 0.140 e. The van der Waals surface area contributed by atoms with Crippen LogP contribution < -0.4 is 5.73 Å². The molecule has 0 fully saturated rings. The van der Waals surface area contributed by atoms with E-state index >= 15 is 0 Å². The number of hydrogen-bond acceptors (Lipinski definition) is 5. The van der Waals surface area contributed by atoms with Gasteiger partial charge in [0.05, 0.1) is 16.3 Å². The van der Waals surface area contributed by atoms with E-state index in [1.165, 1.54) is 11.6 Å². The molecule has 4 heterocycles. The number of hydrogen-bond donors (Lipinski definition) is 1. The molecule has 1 aromatic carbocycles. The summed E-state index contributed by atoms with van der Waals surface area (Å²) in [5.74, 6) is -0.203. The van der Waals surface area contributed by atoms with Crippen LogP contribution in [0, 0.1) is 5.82 Å². The Balaban J connectivity index is 1.80. The lowest BCUT2D eigenvalue weighted by atomic mass is 9.76. The highest BCUT2D eigenvalue weighted by molar-refractivity contribution is 6.30. The van der Waals surface area contributed by atoms with Crippen LogP contribution in [0.2, 0.25) is 5.02 Å². The standard InChI is InChI=1S/C25H21ClFN5/c1-15-8-18(14-32(2)13-15)25(20-4-3-5-21(27)23(20)24(28)31-25)17-6-7-30-22(10-17)16-9-19(26)12-29-11-16/h3-12,14H,13H2,1-2H3,(H2,28,31). The molecule has 2 aromatic heterocycles. The summed E-state index contributed by atoms with van der Waals surface area (Å²) < 4.78 is 14.9. The number of amidine groups is 1. The highest BCUT2D eigenvalue weighted by atomic mass is 35.5. The van der Waals surface area contributed by atoms with Gasteiger partial charge in [0.2, 0.25) is 0 Å². The Morgan fingerprint density at radius 3 is 2.81 bits per heavy atom. The second kappa shape index (κ2) is 7.57. The largest absolute Gasteiger partial charge is 0.383 e. The van der Waals surface area contributed by atoms with Crippen LogP contribution in [0.3, 0.4) is 0 Å². The van der Waals surface area contributed by atoms with Gasteiger partial charge < -0.3 is 10.6 Å². The van der Waals surface area contributed by atoms with E-state index in [-0.39, 0.29) is 11.7 Å². The van der Waals surface area contributed by atoms with Gasteiger partial charge in [0.15, 0.2) is 0 Å². The van der Waals surface area contributed by atoms with Crippen LogP contribution in [0.4, 0.5) is 4.39 Å². The minimum Gasteiger partial charge on any atom is -0.383 e. The van der Waals surface area contributed by atoms with Gasteiger partial charge in [0, 0.05) is 55.1 Å². The monoisotopic (exact) mass is 445 g/mol. The molecule has 2 aliphatic heterocycles. The van der Waals surface area contributed by atoms with Crippen molar-refractivity contribution in [1.82, 2.24) is 14.9 Å². The maximum atomic E-state index is 14.9. The number of pyridine rings is 2. The van der Waals surface area contributed by atoms with Crippen LogP contribution in [0.1, 0.15) is 23.6 Å². The highest BCUT2D eigenvalue weighted by Crippen LogP contribution is 2.48. The molecular weight excluding hydrogens is 425 g/mol.